The highest BCUT2D eigenvalue weighted by Gasteiger charge is 2.21. The minimum atomic E-state index is 0.710. The molecule has 4 nitrogen and oxygen atoms in total. The van der Waals surface area contributed by atoms with Gasteiger partial charge in [-0.25, -0.2) is 0 Å². The van der Waals surface area contributed by atoms with E-state index < -0.39 is 0 Å². The molecular weight excluding hydrogens is 364 g/mol. The number of piperazine rings is 1. The Morgan fingerprint density at radius 1 is 0.964 bits per heavy atom. The Hall–Kier alpha value is -2.11. The molecule has 2 aromatic rings. The standard InChI is InChI=1S/C23H32N4S/c1-17-7-5-9-21(19(17)3)25-23(28)24-11-12-26-13-15-27(16-14-26)22-10-6-8-18(2)20(22)4/h5-10H,11-16H2,1-4H3,(H2,24,25,28)/p+1. The van der Waals surface area contributed by atoms with E-state index in [0.29, 0.717) is 5.11 Å². The van der Waals surface area contributed by atoms with E-state index in [1.165, 1.54) is 41.0 Å². The van der Waals surface area contributed by atoms with Gasteiger partial charge in [0.05, 0.1) is 39.3 Å². The number of hydrogen-bond donors (Lipinski definition) is 3. The molecule has 0 amide bonds. The fraction of sp³-hybridized carbons (Fsp3) is 0.435. The number of thiocarbonyl (C=S) groups is 1. The minimum Gasteiger partial charge on any atom is -0.360 e. The van der Waals surface area contributed by atoms with Gasteiger partial charge in [-0.3, -0.25) is 0 Å². The molecule has 2 aromatic carbocycles. The molecule has 0 unspecified atom stereocenters. The Kier molecular flexibility index (Phi) is 6.92. The van der Waals surface area contributed by atoms with Gasteiger partial charge in [0, 0.05) is 11.4 Å². The van der Waals surface area contributed by atoms with Crippen LogP contribution in [0.1, 0.15) is 22.3 Å². The van der Waals surface area contributed by atoms with Crippen LogP contribution in [0.5, 0.6) is 0 Å². The summed E-state index contributed by atoms with van der Waals surface area (Å²) in [4.78, 5) is 4.18. The molecule has 0 saturated carbocycles. The highest BCUT2D eigenvalue weighted by atomic mass is 32.1. The molecule has 3 rings (SSSR count). The number of anilines is 2. The maximum absolute atomic E-state index is 5.48. The number of aryl methyl sites for hydroxylation is 2. The fourth-order valence-corrected chi connectivity index (χ4v) is 4.01. The van der Waals surface area contributed by atoms with Gasteiger partial charge in [0.1, 0.15) is 0 Å². The topological polar surface area (TPSA) is 31.7 Å². The molecular formula is C23H33N4S+. The van der Waals surface area contributed by atoms with Crippen LogP contribution in [-0.2, 0) is 0 Å². The van der Waals surface area contributed by atoms with Gasteiger partial charge in [0.25, 0.3) is 0 Å². The number of hydrogen-bond acceptors (Lipinski definition) is 2. The highest BCUT2D eigenvalue weighted by Crippen LogP contribution is 2.22. The van der Waals surface area contributed by atoms with Crippen molar-refractivity contribution in [1.82, 2.24) is 5.32 Å². The third-order valence-electron chi connectivity index (χ3n) is 6.00. The summed E-state index contributed by atoms with van der Waals surface area (Å²) >= 11 is 5.48. The summed E-state index contributed by atoms with van der Waals surface area (Å²) in [6.45, 7) is 15.2. The first kappa shape index (κ1) is 20.6. The Balaban J connectivity index is 1.41. The van der Waals surface area contributed by atoms with Crippen molar-refractivity contribution < 1.29 is 4.90 Å². The quantitative estimate of drug-likeness (QED) is 0.677. The van der Waals surface area contributed by atoms with Crippen molar-refractivity contribution in [3.63, 3.8) is 0 Å². The van der Waals surface area contributed by atoms with Crippen molar-refractivity contribution in [3.8, 4) is 0 Å². The predicted octanol–water partition coefficient (Wildman–Crippen LogP) is 2.61. The molecule has 150 valence electrons. The lowest BCUT2D eigenvalue weighted by atomic mass is 10.1. The number of rotatable bonds is 5. The Bertz CT molecular complexity index is 825. The zero-order chi connectivity index (χ0) is 20.1. The SMILES string of the molecule is Cc1cccc(NC(=S)NCC[NH+]2CCN(c3cccc(C)c3C)CC2)c1C. The second-order valence-corrected chi connectivity index (χ2v) is 8.24. The van der Waals surface area contributed by atoms with Crippen molar-refractivity contribution in [2.24, 2.45) is 0 Å². The van der Waals surface area contributed by atoms with E-state index in [-0.39, 0.29) is 0 Å². The summed E-state index contributed by atoms with van der Waals surface area (Å²) in [5.74, 6) is 0. The molecule has 0 bridgehead atoms. The molecule has 0 aliphatic carbocycles. The lowest BCUT2D eigenvalue weighted by Crippen LogP contribution is -3.15. The van der Waals surface area contributed by atoms with Crippen LogP contribution >= 0.6 is 12.2 Å². The first-order chi connectivity index (χ1) is 13.5. The normalized spacial score (nSPS) is 14.8. The second kappa shape index (κ2) is 9.39. The first-order valence-electron chi connectivity index (χ1n) is 10.2. The Morgan fingerprint density at radius 2 is 1.61 bits per heavy atom. The summed E-state index contributed by atoms with van der Waals surface area (Å²) in [6, 6.07) is 12.9. The molecule has 3 N–H and O–H groups in total. The van der Waals surface area contributed by atoms with E-state index in [0.717, 1.165) is 31.9 Å². The van der Waals surface area contributed by atoms with Gasteiger partial charge in [0.15, 0.2) is 5.11 Å². The summed E-state index contributed by atoms with van der Waals surface area (Å²) < 4.78 is 0. The van der Waals surface area contributed by atoms with Crippen LogP contribution in [0.4, 0.5) is 11.4 Å². The smallest absolute Gasteiger partial charge is 0.170 e. The zero-order valence-electron chi connectivity index (χ0n) is 17.6. The van der Waals surface area contributed by atoms with E-state index in [1.54, 1.807) is 4.90 Å². The number of nitrogens with one attached hydrogen (secondary N) is 3. The number of benzene rings is 2. The van der Waals surface area contributed by atoms with Crippen molar-refractivity contribution >= 4 is 28.7 Å². The molecule has 28 heavy (non-hydrogen) atoms. The summed E-state index contributed by atoms with van der Waals surface area (Å²) in [7, 11) is 0. The van der Waals surface area contributed by atoms with Gasteiger partial charge < -0.3 is 20.4 Å². The summed E-state index contributed by atoms with van der Waals surface area (Å²) in [5, 5.41) is 7.41. The third kappa shape index (κ3) is 5.03. The molecule has 5 heteroatoms. The molecule has 0 atom stereocenters. The molecule has 0 radical (unpaired) electrons. The maximum Gasteiger partial charge on any atom is 0.170 e. The van der Waals surface area contributed by atoms with Crippen molar-refractivity contribution in [2.75, 3.05) is 49.5 Å². The highest BCUT2D eigenvalue weighted by molar-refractivity contribution is 7.80. The van der Waals surface area contributed by atoms with E-state index in [1.807, 2.05) is 0 Å². The summed E-state index contributed by atoms with van der Waals surface area (Å²) in [5.41, 5.74) is 7.80. The fourth-order valence-electron chi connectivity index (χ4n) is 3.80. The molecule has 1 heterocycles. The van der Waals surface area contributed by atoms with Gasteiger partial charge in [-0.15, -0.1) is 0 Å². The van der Waals surface area contributed by atoms with Crippen LogP contribution in [0.15, 0.2) is 36.4 Å². The molecule has 1 fully saturated rings. The van der Waals surface area contributed by atoms with Gasteiger partial charge in [-0.05, 0) is 74.3 Å². The average molecular weight is 398 g/mol. The average Bonchev–Trinajstić information content (AvgIpc) is 2.68. The number of quaternary nitrogens is 1. The predicted molar refractivity (Wildman–Crippen MR) is 124 cm³/mol. The maximum atomic E-state index is 5.48. The number of nitrogens with zero attached hydrogens (tertiary/aromatic N) is 1. The molecule has 0 aromatic heterocycles. The van der Waals surface area contributed by atoms with Crippen LogP contribution in [0, 0.1) is 27.7 Å². The first-order valence-corrected chi connectivity index (χ1v) is 10.6. The summed E-state index contributed by atoms with van der Waals surface area (Å²) in [6.07, 6.45) is 0. The Labute approximate surface area is 174 Å². The zero-order valence-corrected chi connectivity index (χ0v) is 18.4. The van der Waals surface area contributed by atoms with E-state index in [9.17, 15) is 0 Å². The van der Waals surface area contributed by atoms with Crippen LogP contribution in [0.3, 0.4) is 0 Å². The van der Waals surface area contributed by atoms with Gasteiger partial charge in [-0.2, -0.15) is 0 Å². The molecule has 1 aliphatic heterocycles. The van der Waals surface area contributed by atoms with Gasteiger partial charge >= 0.3 is 0 Å². The van der Waals surface area contributed by atoms with Crippen LogP contribution < -0.4 is 20.4 Å². The lowest BCUT2D eigenvalue weighted by Gasteiger charge is -2.34. The van der Waals surface area contributed by atoms with E-state index in [4.69, 9.17) is 12.2 Å². The van der Waals surface area contributed by atoms with Crippen LogP contribution in [0.25, 0.3) is 0 Å². The molecule has 0 spiro atoms. The molecule has 1 saturated heterocycles. The Morgan fingerprint density at radius 3 is 2.32 bits per heavy atom. The minimum absolute atomic E-state index is 0.710. The van der Waals surface area contributed by atoms with Gasteiger partial charge in [-0.1, -0.05) is 24.3 Å². The molecule has 1 aliphatic rings. The van der Waals surface area contributed by atoms with Crippen molar-refractivity contribution in [1.29, 1.82) is 0 Å². The van der Waals surface area contributed by atoms with Crippen molar-refractivity contribution in [2.45, 2.75) is 27.7 Å². The monoisotopic (exact) mass is 397 g/mol. The van der Waals surface area contributed by atoms with Gasteiger partial charge in [0.2, 0.25) is 0 Å². The second-order valence-electron chi connectivity index (χ2n) is 7.83. The largest absolute Gasteiger partial charge is 0.360 e. The van der Waals surface area contributed by atoms with E-state index in [2.05, 4.69) is 79.6 Å². The lowest BCUT2D eigenvalue weighted by molar-refractivity contribution is -0.899. The van der Waals surface area contributed by atoms with Crippen LogP contribution in [-0.4, -0.2) is 44.4 Å². The van der Waals surface area contributed by atoms with Crippen molar-refractivity contribution in [3.05, 3.63) is 58.7 Å². The third-order valence-corrected chi connectivity index (χ3v) is 6.25. The van der Waals surface area contributed by atoms with Crippen LogP contribution in [0.2, 0.25) is 0 Å². The van der Waals surface area contributed by atoms with E-state index >= 15 is 0 Å².